The Balaban J connectivity index is 1.84. The van der Waals surface area contributed by atoms with Crippen LogP contribution < -0.4 is 4.90 Å². The van der Waals surface area contributed by atoms with Gasteiger partial charge in [0, 0.05) is 25.8 Å². The first-order valence-electron chi connectivity index (χ1n) is 7.22. The largest absolute Gasteiger partial charge is 0.357 e. The Morgan fingerprint density at radius 3 is 2.74 bits per heavy atom. The molecule has 2 fully saturated rings. The minimum absolute atomic E-state index is 0.234. The summed E-state index contributed by atoms with van der Waals surface area (Å²) in [4.78, 5) is 19.9. The van der Waals surface area contributed by atoms with E-state index in [1.54, 1.807) is 0 Å². The van der Waals surface area contributed by atoms with E-state index in [2.05, 4.69) is 22.9 Å². The average Bonchev–Trinajstić information content (AvgIpc) is 3.09. The second-order valence-corrected chi connectivity index (χ2v) is 5.59. The highest BCUT2D eigenvalue weighted by atomic mass is 16.1. The summed E-state index contributed by atoms with van der Waals surface area (Å²) in [5.41, 5.74) is 2.48. The second kappa shape index (κ2) is 5.19. The van der Waals surface area contributed by atoms with Gasteiger partial charge in [-0.3, -0.25) is 4.79 Å². The van der Waals surface area contributed by atoms with Crippen LogP contribution in [0.25, 0.3) is 0 Å². The molecule has 102 valence electrons. The lowest BCUT2D eigenvalue weighted by Crippen LogP contribution is -2.23. The molecule has 3 heterocycles. The van der Waals surface area contributed by atoms with Crippen molar-refractivity contribution in [3.63, 3.8) is 0 Å². The first-order valence-corrected chi connectivity index (χ1v) is 7.22. The van der Waals surface area contributed by atoms with Crippen LogP contribution >= 0.6 is 0 Å². The van der Waals surface area contributed by atoms with Crippen molar-refractivity contribution in [3.05, 3.63) is 23.4 Å². The second-order valence-electron chi connectivity index (χ2n) is 5.59. The van der Waals surface area contributed by atoms with Gasteiger partial charge in [0.15, 0.2) is 0 Å². The van der Waals surface area contributed by atoms with Gasteiger partial charge in [-0.2, -0.15) is 0 Å². The van der Waals surface area contributed by atoms with Gasteiger partial charge in [-0.1, -0.05) is 0 Å². The molecule has 0 saturated carbocycles. The van der Waals surface area contributed by atoms with Crippen LogP contribution in [-0.2, 0) is 4.79 Å². The van der Waals surface area contributed by atoms with Gasteiger partial charge < -0.3 is 9.80 Å². The molecule has 0 spiro atoms. The van der Waals surface area contributed by atoms with Crippen molar-refractivity contribution in [1.29, 1.82) is 0 Å². The van der Waals surface area contributed by atoms with Crippen LogP contribution in [0.2, 0.25) is 0 Å². The van der Waals surface area contributed by atoms with Gasteiger partial charge in [-0.15, -0.1) is 0 Å². The lowest BCUT2D eigenvalue weighted by Gasteiger charge is -2.23. The quantitative estimate of drug-likeness (QED) is 0.781. The molecule has 1 aromatic rings. The third-order valence-corrected chi connectivity index (χ3v) is 4.36. The molecular weight excluding hydrogens is 238 g/mol. The molecule has 0 N–H and O–H groups in total. The lowest BCUT2D eigenvalue weighted by molar-refractivity contribution is -0.118. The van der Waals surface area contributed by atoms with Crippen molar-refractivity contribution in [1.82, 2.24) is 9.88 Å². The highest BCUT2D eigenvalue weighted by molar-refractivity contribution is 5.51. The van der Waals surface area contributed by atoms with E-state index >= 15 is 0 Å². The van der Waals surface area contributed by atoms with Crippen LogP contribution in [0.5, 0.6) is 0 Å². The number of pyridine rings is 1. The number of carbonyl (C=O) groups excluding carboxylic acids is 1. The van der Waals surface area contributed by atoms with E-state index in [4.69, 9.17) is 0 Å². The minimum Gasteiger partial charge on any atom is -0.357 e. The third-order valence-electron chi connectivity index (χ3n) is 4.36. The first-order chi connectivity index (χ1) is 9.29. The molecule has 2 aliphatic rings. The molecule has 0 aliphatic carbocycles. The number of aromatic nitrogens is 1. The monoisotopic (exact) mass is 259 g/mol. The van der Waals surface area contributed by atoms with Crippen molar-refractivity contribution in [3.8, 4) is 0 Å². The minimum atomic E-state index is 0.234. The zero-order valence-corrected chi connectivity index (χ0v) is 11.5. The van der Waals surface area contributed by atoms with E-state index in [1.165, 1.54) is 24.0 Å². The van der Waals surface area contributed by atoms with E-state index in [0.717, 1.165) is 44.7 Å². The number of rotatable bonds is 3. The normalized spacial score (nSPS) is 23.1. The molecule has 0 aromatic carbocycles. The molecule has 0 unspecified atom stereocenters. The van der Waals surface area contributed by atoms with Gasteiger partial charge in [0.2, 0.25) is 6.41 Å². The number of nitrogens with zero attached hydrogens (tertiary/aromatic N) is 3. The molecule has 1 atom stereocenters. The number of carbonyl (C=O) groups is 1. The Kier molecular flexibility index (Phi) is 3.40. The van der Waals surface area contributed by atoms with Gasteiger partial charge in [-0.25, -0.2) is 4.98 Å². The smallest absolute Gasteiger partial charge is 0.210 e. The summed E-state index contributed by atoms with van der Waals surface area (Å²) < 4.78 is 0. The SMILES string of the molecule is Cc1cc(N2CCCC2)ncc1[C@@H]1CCCN1C=O. The zero-order valence-electron chi connectivity index (χ0n) is 11.5. The van der Waals surface area contributed by atoms with E-state index < -0.39 is 0 Å². The fraction of sp³-hybridized carbons (Fsp3) is 0.600. The summed E-state index contributed by atoms with van der Waals surface area (Å²) in [6.45, 7) is 5.25. The maximum atomic E-state index is 11.1. The summed E-state index contributed by atoms with van der Waals surface area (Å²) in [6.07, 6.45) is 7.65. The summed E-state index contributed by atoms with van der Waals surface area (Å²) in [6, 6.07) is 2.42. The molecule has 1 amide bonds. The molecule has 4 nitrogen and oxygen atoms in total. The van der Waals surface area contributed by atoms with Crippen molar-refractivity contribution >= 4 is 12.2 Å². The molecule has 3 rings (SSSR count). The maximum absolute atomic E-state index is 11.1. The molecule has 0 radical (unpaired) electrons. The van der Waals surface area contributed by atoms with Gasteiger partial charge >= 0.3 is 0 Å². The molecular formula is C15H21N3O. The van der Waals surface area contributed by atoms with Crippen LogP contribution in [0.4, 0.5) is 5.82 Å². The molecule has 2 aliphatic heterocycles. The highest BCUT2D eigenvalue weighted by Gasteiger charge is 2.26. The summed E-state index contributed by atoms with van der Waals surface area (Å²) in [5, 5.41) is 0. The zero-order chi connectivity index (χ0) is 13.2. The van der Waals surface area contributed by atoms with E-state index in [0.29, 0.717) is 0 Å². The first kappa shape index (κ1) is 12.5. The third kappa shape index (κ3) is 2.31. The standard InChI is InChI=1S/C15H21N3O/c1-12-9-15(17-6-2-3-7-17)16-10-13(12)14-5-4-8-18(14)11-19/h9-11,14H,2-8H2,1H3/t14-/m0/s1. The topological polar surface area (TPSA) is 36.4 Å². The maximum Gasteiger partial charge on any atom is 0.210 e. The average molecular weight is 259 g/mol. The van der Waals surface area contributed by atoms with Gasteiger partial charge in [-0.05, 0) is 49.8 Å². The van der Waals surface area contributed by atoms with Gasteiger partial charge in [0.1, 0.15) is 5.82 Å². The Bertz CT molecular complexity index is 468. The van der Waals surface area contributed by atoms with Crippen LogP contribution in [0.3, 0.4) is 0 Å². The predicted octanol–water partition coefficient (Wildman–Crippen LogP) is 2.28. The Hall–Kier alpha value is -1.58. The Labute approximate surface area is 114 Å². The molecule has 1 aromatic heterocycles. The number of aryl methyl sites for hydroxylation is 1. The van der Waals surface area contributed by atoms with Crippen LogP contribution in [0.15, 0.2) is 12.3 Å². The lowest BCUT2D eigenvalue weighted by atomic mass is 10.0. The highest BCUT2D eigenvalue weighted by Crippen LogP contribution is 2.33. The summed E-state index contributed by atoms with van der Waals surface area (Å²) >= 11 is 0. The van der Waals surface area contributed by atoms with E-state index in [-0.39, 0.29) is 6.04 Å². The van der Waals surface area contributed by atoms with Crippen LogP contribution in [-0.4, -0.2) is 35.9 Å². The van der Waals surface area contributed by atoms with Gasteiger partial charge in [0.05, 0.1) is 6.04 Å². The number of amides is 1. The van der Waals surface area contributed by atoms with Crippen molar-refractivity contribution in [2.45, 2.75) is 38.6 Å². The van der Waals surface area contributed by atoms with Crippen LogP contribution in [0, 0.1) is 6.92 Å². The predicted molar refractivity (Wildman–Crippen MR) is 75.2 cm³/mol. The number of hydrogen-bond acceptors (Lipinski definition) is 3. The van der Waals surface area contributed by atoms with Crippen molar-refractivity contribution < 1.29 is 4.79 Å². The molecule has 4 heteroatoms. The fourth-order valence-electron chi connectivity index (χ4n) is 3.27. The molecule has 19 heavy (non-hydrogen) atoms. The molecule has 0 bridgehead atoms. The Morgan fingerprint density at radius 1 is 1.26 bits per heavy atom. The summed E-state index contributed by atoms with van der Waals surface area (Å²) in [7, 11) is 0. The number of hydrogen-bond donors (Lipinski definition) is 0. The fourth-order valence-corrected chi connectivity index (χ4v) is 3.27. The summed E-state index contributed by atoms with van der Waals surface area (Å²) in [5.74, 6) is 1.09. The van der Waals surface area contributed by atoms with E-state index in [9.17, 15) is 4.79 Å². The van der Waals surface area contributed by atoms with Crippen molar-refractivity contribution in [2.24, 2.45) is 0 Å². The number of likely N-dealkylation sites (tertiary alicyclic amines) is 1. The number of anilines is 1. The molecule has 2 saturated heterocycles. The van der Waals surface area contributed by atoms with E-state index in [1.807, 2.05) is 11.1 Å². The van der Waals surface area contributed by atoms with Crippen LogP contribution in [0.1, 0.15) is 42.9 Å². The Morgan fingerprint density at radius 2 is 2.05 bits per heavy atom. The van der Waals surface area contributed by atoms with Crippen molar-refractivity contribution in [2.75, 3.05) is 24.5 Å². The van der Waals surface area contributed by atoms with Gasteiger partial charge in [0.25, 0.3) is 0 Å².